The normalized spacial score (nSPS) is 25.3. The molecule has 1 aliphatic carbocycles. The van der Waals surface area contributed by atoms with Crippen LogP contribution in [-0.2, 0) is 6.42 Å². The Bertz CT molecular complexity index is 407. The second kappa shape index (κ2) is 6.03. The highest BCUT2D eigenvalue weighted by Gasteiger charge is 2.28. The fourth-order valence-corrected chi connectivity index (χ4v) is 3.03. The van der Waals surface area contributed by atoms with Crippen molar-refractivity contribution in [3.05, 3.63) is 34.6 Å². The van der Waals surface area contributed by atoms with Gasteiger partial charge in [0.05, 0.1) is 11.1 Å². The van der Waals surface area contributed by atoms with Gasteiger partial charge in [-0.2, -0.15) is 0 Å². The van der Waals surface area contributed by atoms with Crippen LogP contribution in [0.2, 0.25) is 5.02 Å². The lowest BCUT2D eigenvalue weighted by molar-refractivity contribution is 0.108. The molecule has 1 N–H and O–H groups in total. The zero-order valence-electron chi connectivity index (χ0n) is 10.7. The molecule has 0 aromatic heterocycles. The van der Waals surface area contributed by atoms with Crippen molar-refractivity contribution in [2.75, 3.05) is 0 Å². The Balaban J connectivity index is 1.94. The SMILES string of the molecule is CCC1CCC(C(O)Cc2ccc(Cl)c(F)c2)C1. The molecule has 1 fully saturated rings. The van der Waals surface area contributed by atoms with Gasteiger partial charge in [-0.1, -0.05) is 37.4 Å². The third-order valence-electron chi connectivity index (χ3n) is 4.13. The van der Waals surface area contributed by atoms with Crippen molar-refractivity contribution in [3.8, 4) is 0 Å². The fraction of sp³-hybridized carbons (Fsp3) is 0.600. The highest BCUT2D eigenvalue weighted by Crippen LogP contribution is 2.35. The van der Waals surface area contributed by atoms with Crippen LogP contribution in [0.5, 0.6) is 0 Å². The fourth-order valence-electron chi connectivity index (χ4n) is 2.91. The Morgan fingerprint density at radius 3 is 2.83 bits per heavy atom. The molecule has 18 heavy (non-hydrogen) atoms. The van der Waals surface area contributed by atoms with Crippen LogP contribution in [0.4, 0.5) is 4.39 Å². The molecule has 3 unspecified atom stereocenters. The second-order valence-corrected chi connectivity index (χ2v) is 5.77. The first-order chi connectivity index (χ1) is 8.60. The zero-order chi connectivity index (χ0) is 13.1. The first kappa shape index (κ1) is 13.8. The van der Waals surface area contributed by atoms with Crippen molar-refractivity contribution in [1.29, 1.82) is 0 Å². The van der Waals surface area contributed by atoms with E-state index in [1.54, 1.807) is 12.1 Å². The molecule has 0 spiro atoms. The van der Waals surface area contributed by atoms with E-state index in [9.17, 15) is 9.50 Å². The molecule has 2 rings (SSSR count). The highest BCUT2D eigenvalue weighted by atomic mass is 35.5. The third-order valence-corrected chi connectivity index (χ3v) is 4.44. The van der Waals surface area contributed by atoms with Gasteiger partial charge in [-0.3, -0.25) is 0 Å². The Labute approximate surface area is 113 Å². The average Bonchev–Trinajstić information content (AvgIpc) is 2.82. The second-order valence-electron chi connectivity index (χ2n) is 5.37. The molecule has 3 atom stereocenters. The molecule has 1 aliphatic rings. The van der Waals surface area contributed by atoms with Gasteiger partial charge in [-0.15, -0.1) is 0 Å². The minimum atomic E-state index is -0.403. The summed E-state index contributed by atoms with van der Waals surface area (Å²) in [6.07, 6.45) is 4.77. The molecule has 1 aromatic rings. The first-order valence-electron chi connectivity index (χ1n) is 6.72. The van der Waals surface area contributed by atoms with E-state index in [4.69, 9.17) is 11.6 Å². The van der Waals surface area contributed by atoms with Crippen molar-refractivity contribution < 1.29 is 9.50 Å². The first-order valence-corrected chi connectivity index (χ1v) is 7.10. The van der Waals surface area contributed by atoms with Gasteiger partial charge in [0.1, 0.15) is 5.82 Å². The van der Waals surface area contributed by atoms with Crippen LogP contribution in [0.1, 0.15) is 38.2 Å². The quantitative estimate of drug-likeness (QED) is 0.869. The Hall–Kier alpha value is -0.600. The van der Waals surface area contributed by atoms with Crippen LogP contribution in [0.3, 0.4) is 0 Å². The molecule has 0 amide bonds. The van der Waals surface area contributed by atoms with Crippen molar-refractivity contribution in [1.82, 2.24) is 0 Å². The largest absolute Gasteiger partial charge is 0.392 e. The minimum Gasteiger partial charge on any atom is -0.392 e. The van der Waals surface area contributed by atoms with E-state index in [-0.39, 0.29) is 11.1 Å². The molecule has 0 saturated heterocycles. The summed E-state index contributed by atoms with van der Waals surface area (Å²) in [4.78, 5) is 0. The van der Waals surface area contributed by atoms with Crippen molar-refractivity contribution in [2.45, 2.75) is 45.1 Å². The van der Waals surface area contributed by atoms with Crippen molar-refractivity contribution in [2.24, 2.45) is 11.8 Å². The number of halogens is 2. The van der Waals surface area contributed by atoms with E-state index < -0.39 is 5.82 Å². The Kier molecular flexibility index (Phi) is 4.63. The molecule has 0 radical (unpaired) electrons. The molecular formula is C15H20ClFO. The van der Waals surface area contributed by atoms with E-state index in [1.165, 1.54) is 18.9 Å². The van der Waals surface area contributed by atoms with E-state index in [0.717, 1.165) is 24.3 Å². The van der Waals surface area contributed by atoms with Gasteiger partial charge in [0, 0.05) is 0 Å². The van der Waals surface area contributed by atoms with Gasteiger partial charge in [-0.05, 0) is 48.8 Å². The van der Waals surface area contributed by atoms with Crippen molar-refractivity contribution >= 4 is 11.6 Å². The highest BCUT2D eigenvalue weighted by molar-refractivity contribution is 6.30. The maximum absolute atomic E-state index is 13.3. The molecular weight excluding hydrogens is 251 g/mol. The maximum atomic E-state index is 13.3. The summed E-state index contributed by atoms with van der Waals surface area (Å²) < 4.78 is 13.3. The average molecular weight is 271 g/mol. The molecule has 1 nitrogen and oxygen atoms in total. The molecule has 100 valence electrons. The molecule has 0 bridgehead atoms. The lowest BCUT2D eigenvalue weighted by Crippen LogP contribution is -2.20. The topological polar surface area (TPSA) is 20.2 Å². The number of benzene rings is 1. The molecule has 0 aliphatic heterocycles. The summed E-state index contributed by atoms with van der Waals surface area (Å²) in [5, 5.41) is 10.4. The Morgan fingerprint density at radius 1 is 1.44 bits per heavy atom. The van der Waals surface area contributed by atoms with Gasteiger partial charge in [0.2, 0.25) is 0 Å². The molecule has 1 aromatic carbocycles. The van der Waals surface area contributed by atoms with Gasteiger partial charge in [-0.25, -0.2) is 4.39 Å². The lowest BCUT2D eigenvalue weighted by atomic mass is 9.93. The Morgan fingerprint density at radius 2 is 2.22 bits per heavy atom. The van der Waals surface area contributed by atoms with Gasteiger partial charge < -0.3 is 5.11 Å². The predicted molar refractivity (Wildman–Crippen MR) is 72.2 cm³/mol. The standard InChI is InChI=1S/C15H20ClFO/c1-2-10-3-5-12(7-10)15(18)9-11-4-6-13(16)14(17)8-11/h4,6,8,10,12,15,18H,2-3,5,7,9H2,1H3. The minimum absolute atomic E-state index is 0.139. The van der Waals surface area contributed by atoms with Crippen LogP contribution in [0.25, 0.3) is 0 Å². The number of aliphatic hydroxyl groups excluding tert-OH is 1. The summed E-state index contributed by atoms with van der Waals surface area (Å²) in [7, 11) is 0. The van der Waals surface area contributed by atoms with Gasteiger partial charge in [0.15, 0.2) is 0 Å². The van der Waals surface area contributed by atoms with E-state index in [1.807, 2.05) is 0 Å². The number of hydrogen-bond donors (Lipinski definition) is 1. The summed E-state index contributed by atoms with van der Waals surface area (Å²) in [5.74, 6) is 0.722. The number of aliphatic hydroxyl groups is 1. The predicted octanol–water partition coefficient (Wildman–Crippen LogP) is 4.21. The summed E-state index contributed by atoms with van der Waals surface area (Å²) in [6.45, 7) is 2.20. The maximum Gasteiger partial charge on any atom is 0.142 e. The van der Waals surface area contributed by atoms with E-state index in [2.05, 4.69) is 6.92 Å². The smallest absolute Gasteiger partial charge is 0.142 e. The monoisotopic (exact) mass is 270 g/mol. The third kappa shape index (κ3) is 3.24. The molecule has 1 saturated carbocycles. The van der Waals surface area contributed by atoms with E-state index in [0.29, 0.717) is 12.3 Å². The van der Waals surface area contributed by atoms with Crippen LogP contribution >= 0.6 is 11.6 Å². The van der Waals surface area contributed by atoms with Gasteiger partial charge >= 0.3 is 0 Å². The molecule has 0 heterocycles. The lowest BCUT2D eigenvalue weighted by Gasteiger charge is -2.18. The van der Waals surface area contributed by atoms with Crippen LogP contribution in [-0.4, -0.2) is 11.2 Å². The van der Waals surface area contributed by atoms with Crippen LogP contribution < -0.4 is 0 Å². The van der Waals surface area contributed by atoms with Crippen LogP contribution in [0.15, 0.2) is 18.2 Å². The summed E-state index contributed by atoms with van der Waals surface area (Å²) >= 11 is 5.64. The molecule has 3 heteroatoms. The van der Waals surface area contributed by atoms with E-state index >= 15 is 0 Å². The van der Waals surface area contributed by atoms with Gasteiger partial charge in [0.25, 0.3) is 0 Å². The van der Waals surface area contributed by atoms with Crippen molar-refractivity contribution in [3.63, 3.8) is 0 Å². The van der Waals surface area contributed by atoms with Crippen LogP contribution in [0, 0.1) is 17.7 Å². The zero-order valence-corrected chi connectivity index (χ0v) is 11.5. The summed E-state index contributed by atoms with van der Waals surface area (Å²) in [6, 6.07) is 4.78. The number of rotatable bonds is 4. The number of hydrogen-bond acceptors (Lipinski definition) is 1. The summed E-state index contributed by atoms with van der Waals surface area (Å²) in [5.41, 5.74) is 0.823.